The summed E-state index contributed by atoms with van der Waals surface area (Å²) < 4.78 is 52.3. The van der Waals surface area contributed by atoms with Crippen LogP contribution in [0, 0.1) is 0 Å². The van der Waals surface area contributed by atoms with Gasteiger partial charge in [-0.05, 0) is 0 Å². The van der Waals surface area contributed by atoms with Crippen LogP contribution in [-0.4, -0.2) is 55.4 Å². The quantitative estimate of drug-likeness (QED) is 0.421. The molecule has 1 unspecified atom stereocenters. The van der Waals surface area contributed by atoms with Gasteiger partial charge in [0.25, 0.3) is 5.56 Å². The van der Waals surface area contributed by atoms with E-state index >= 15 is 0 Å². The normalized spacial score (nSPS) is 28.8. The van der Waals surface area contributed by atoms with Crippen LogP contribution in [0.3, 0.4) is 0 Å². The fraction of sp³-hybridized carbons (Fsp3) is 0.636. The first-order valence-corrected chi connectivity index (χ1v) is 10.5. The predicted molar refractivity (Wildman–Crippen MR) is 83.4 cm³/mol. The first-order chi connectivity index (χ1) is 11.9. The molecule has 15 heteroatoms. The number of aromatic nitrogens is 2. The van der Waals surface area contributed by atoms with E-state index in [1.807, 2.05) is 4.98 Å². The second-order valence-electron chi connectivity index (χ2n) is 5.34. The first-order valence-electron chi connectivity index (χ1n) is 7.25. The highest BCUT2D eigenvalue weighted by Crippen LogP contribution is 2.48. The van der Waals surface area contributed by atoms with Gasteiger partial charge in [0.05, 0.1) is 6.61 Å². The van der Waals surface area contributed by atoms with Crippen molar-refractivity contribution in [1.29, 1.82) is 0 Å². The Bertz CT molecular complexity index is 850. The van der Waals surface area contributed by atoms with Gasteiger partial charge in [0.2, 0.25) is 0 Å². The molecule has 1 fully saturated rings. The summed E-state index contributed by atoms with van der Waals surface area (Å²) in [6.45, 7) is 0.418. The summed E-state index contributed by atoms with van der Waals surface area (Å²) in [5.74, 6) is 0. The van der Waals surface area contributed by atoms with Gasteiger partial charge in [0.1, 0.15) is 12.2 Å². The summed E-state index contributed by atoms with van der Waals surface area (Å²) in [6.07, 6.45) is -6.49. The molecule has 0 bridgehead atoms. The monoisotopic (exact) mass is 418 g/mol. The Morgan fingerprint density at radius 3 is 2.54 bits per heavy atom. The molecule has 0 aromatic carbocycles. The van der Waals surface area contributed by atoms with Gasteiger partial charge in [-0.25, -0.2) is 13.8 Å². The van der Waals surface area contributed by atoms with E-state index in [-0.39, 0.29) is 6.16 Å². The molecule has 26 heavy (non-hydrogen) atoms. The summed E-state index contributed by atoms with van der Waals surface area (Å²) in [5.41, 5.74) is -1.73. The van der Waals surface area contributed by atoms with Crippen LogP contribution in [0.4, 0.5) is 4.39 Å². The number of phosphoric ester groups is 1. The zero-order valence-corrected chi connectivity index (χ0v) is 15.1. The number of nitrogens with zero attached hydrogens (tertiary/aromatic N) is 1. The molecule has 148 valence electrons. The maximum absolute atomic E-state index is 14.6. The molecule has 0 aliphatic carbocycles. The van der Waals surface area contributed by atoms with Crippen LogP contribution in [0.5, 0.6) is 0 Å². The fourth-order valence-corrected chi connectivity index (χ4v) is 3.32. The summed E-state index contributed by atoms with van der Waals surface area (Å²) >= 11 is 0. The van der Waals surface area contributed by atoms with Gasteiger partial charge >= 0.3 is 21.1 Å². The maximum Gasteiger partial charge on any atom is 0.469 e. The molecule has 0 amide bonds. The molecule has 2 heterocycles. The average Bonchev–Trinajstić information content (AvgIpc) is 2.81. The molecule has 2 rings (SSSR count). The van der Waals surface area contributed by atoms with Gasteiger partial charge in [-0.3, -0.25) is 28.0 Å². The minimum absolute atomic E-state index is 0.354. The Morgan fingerprint density at radius 1 is 1.35 bits per heavy atom. The zero-order valence-electron chi connectivity index (χ0n) is 13.3. The third kappa shape index (κ3) is 5.18. The number of nitrogens with one attached hydrogen (secondary N) is 1. The fourth-order valence-electron chi connectivity index (χ4n) is 2.23. The molecule has 0 radical (unpaired) electrons. The molecule has 1 aromatic rings. The Labute approximate surface area is 145 Å². The van der Waals surface area contributed by atoms with E-state index < -0.39 is 57.9 Å². The number of hydrogen-bond donors (Lipinski definition) is 4. The second kappa shape index (κ2) is 7.83. The number of halogens is 1. The molecular formula is C11H17FN2O10P2. The van der Waals surface area contributed by atoms with E-state index in [1.165, 1.54) is 6.92 Å². The van der Waals surface area contributed by atoms with E-state index in [4.69, 9.17) is 19.0 Å². The smallest absolute Gasteiger partial charge is 0.346 e. The maximum atomic E-state index is 14.6. The van der Waals surface area contributed by atoms with Crippen molar-refractivity contribution in [1.82, 2.24) is 9.55 Å². The minimum atomic E-state index is -4.93. The molecule has 1 aliphatic rings. The lowest BCUT2D eigenvalue weighted by Gasteiger charge is -2.23. The van der Waals surface area contributed by atoms with Crippen LogP contribution in [0.25, 0.3) is 0 Å². The zero-order chi connectivity index (χ0) is 19.7. The van der Waals surface area contributed by atoms with Crippen LogP contribution < -0.4 is 11.2 Å². The number of rotatable bonds is 7. The van der Waals surface area contributed by atoms with Crippen LogP contribution in [0.15, 0.2) is 21.9 Å². The van der Waals surface area contributed by atoms with Gasteiger partial charge in [0, 0.05) is 18.4 Å². The Morgan fingerprint density at radius 2 is 2.00 bits per heavy atom. The van der Waals surface area contributed by atoms with Crippen molar-refractivity contribution in [2.45, 2.75) is 31.5 Å². The SMILES string of the molecule is CCP(=O)(O)O[C@@H]1[C@H](F)[C@@H](COP(=O)(O)O)O[C@H]1n1ccc(=O)[nH]c1=O. The molecule has 0 saturated carbocycles. The molecule has 1 aliphatic heterocycles. The minimum Gasteiger partial charge on any atom is -0.346 e. The Balaban J connectivity index is 2.35. The van der Waals surface area contributed by atoms with Crippen molar-refractivity contribution < 1.29 is 42.0 Å². The number of ether oxygens (including phenoxy) is 1. The van der Waals surface area contributed by atoms with E-state index in [2.05, 4.69) is 4.52 Å². The first kappa shape index (κ1) is 21.1. The lowest BCUT2D eigenvalue weighted by atomic mass is 10.1. The number of aromatic amines is 1. The van der Waals surface area contributed by atoms with Crippen LogP contribution in [-0.2, 0) is 22.9 Å². The van der Waals surface area contributed by atoms with Crippen molar-refractivity contribution in [3.05, 3.63) is 33.1 Å². The van der Waals surface area contributed by atoms with Gasteiger partial charge in [-0.15, -0.1) is 0 Å². The van der Waals surface area contributed by atoms with Gasteiger partial charge in [-0.2, -0.15) is 0 Å². The second-order valence-corrected chi connectivity index (χ2v) is 8.69. The van der Waals surface area contributed by atoms with Crippen LogP contribution in [0.2, 0.25) is 0 Å². The molecule has 0 spiro atoms. The summed E-state index contributed by atoms with van der Waals surface area (Å²) in [7, 11) is -9.15. The highest BCUT2D eigenvalue weighted by atomic mass is 31.2. The van der Waals surface area contributed by atoms with Crippen LogP contribution >= 0.6 is 15.4 Å². The van der Waals surface area contributed by atoms with E-state index in [0.717, 1.165) is 16.8 Å². The molecule has 1 aromatic heterocycles. The third-order valence-corrected chi connectivity index (χ3v) is 5.34. The predicted octanol–water partition coefficient (Wildman–Crippen LogP) is -0.528. The average molecular weight is 418 g/mol. The van der Waals surface area contributed by atoms with Gasteiger partial charge < -0.3 is 19.4 Å². The lowest BCUT2D eigenvalue weighted by Crippen LogP contribution is -2.37. The standard InChI is InChI=1S/C11H17FN2O10P2/c1-2-25(17,18)24-9-8(12)6(5-22-26(19,20)21)23-10(9)14-4-3-7(15)13-11(14)16/h3-4,6,8-10H,2,5H2,1H3,(H,17,18)(H,13,15,16)(H2,19,20,21)/t6-,8-,9-,10-/m1/s1. The van der Waals surface area contributed by atoms with Gasteiger partial charge in [-0.1, -0.05) is 6.92 Å². The Kier molecular flexibility index (Phi) is 6.36. The van der Waals surface area contributed by atoms with Crippen molar-refractivity contribution in [2.24, 2.45) is 0 Å². The molecule has 5 atom stereocenters. The van der Waals surface area contributed by atoms with Crippen molar-refractivity contribution in [2.75, 3.05) is 12.8 Å². The van der Waals surface area contributed by atoms with Crippen molar-refractivity contribution in [3.8, 4) is 0 Å². The largest absolute Gasteiger partial charge is 0.469 e. The van der Waals surface area contributed by atoms with Crippen molar-refractivity contribution >= 4 is 15.4 Å². The number of phosphoric acid groups is 1. The summed E-state index contributed by atoms with van der Waals surface area (Å²) in [5, 5.41) is 0. The third-order valence-electron chi connectivity index (χ3n) is 3.48. The number of hydrogen-bond acceptors (Lipinski definition) is 7. The van der Waals surface area contributed by atoms with E-state index in [9.17, 15) is 28.0 Å². The van der Waals surface area contributed by atoms with Crippen LogP contribution in [0.1, 0.15) is 13.2 Å². The Hall–Kier alpha value is -1.17. The van der Waals surface area contributed by atoms with E-state index in [0.29, 0.717) is 0 Å². The molecular weight excluding hydrogens is 401 g/mol. The highest BCUT2D eigenvalue weighted by Gasteiger charge is 2.50. The molecule has 12 nitrogen and oxygen atoms in total. The van der Waals surface area contributed by atoms with E-state index in [1.54, 1.807) is 0 Å². The topological polar surface area (TPSA) is 177 Å². The highest BCUT2D eigenvalue weighted by molar-refractivity contribution is 7.52. The number of alkyl halides is 1. The number of H-pyrrole nitrogens is 1. The lowest BCUT2D eigenvalue weighted by molar-refractivity contribution is -0.0501. The molecule has 4 N–H and O–H groups in total. The summed E-state index contributed by atoms with van der Waals surface area (Å²) in [6, 6.07) is 0.937. The van der Waals surface area contributed by atoms with Crippen molar-refractivity contribution in [3.63, 3.8) is 0 Å². The summed E-state index contributed by atoms with van der Waals surface area (Å²) in [4.78, 5) is 52.0. The van der Waals surface area contributed by atoms with Gasteiger partial charge in [0.15, 0.2) is 12.4 Å². The molecule has 1 saturated heterocycles.